The van der Waals surface area contributed by atoms with E-state index in [2.05, 4.69) is 26.0 Å². The molecule has 3 fully saturated rings. The van der Waals surface area contributed by atoms with Crippen molar-refractivity contribution in [1.82, 2.24) is 0 Å². The molecular formula is C33H58O6. The number of carbonyl (C=O) groups is 1. The number of ether oxygens (including phenoxy) is 4. The van der Waals surface area contributed by atoms with Gasteiger partial charge in [0.15, 0.2) is 0 Å². The lowest BCUT2D eigenvalue weighted by Crippen LogP contribution is -2.44. The summed E-state index contributed by atoms with van der Waals surface area (Å²) in [6.45, 7) is 6.19. The number of rotatable bonds is 16. The molecule has 0 aromatic rings. The maximum atomic E-state index is 11.4. The lowest BCUT2D eigenvalue weighted by Gasteiger charge is -2.41. The highest BCUT2D eigenvalue weighted by Crippen LogP contribution is 2.46. The predicted molar refractivity (Wildman–Crippen MR) is 156 cm³/mol. The summed E-state index contributed by atoms with van der Waals surface area (Å²) in [7, 11) is 3.31. The van der Waals surface area contributed by atoms with Crippen molar-refractivity contribution in [1.29, 1.82) is 0 Å². The monoisotopic (exact) mass is 550 g/mol. The van der Waals surface area contributed by atoms with Crippen LogP contribution in [0.25, 0.3) is 0 Å². The van der Waals surface area contributed by atoms with Gasteiger partial charge >= 0.3 is 5.97 Å². The Morgan fingerprint density at radius 1 is 1.03 bits per heavy atom. The quantitative estimate of drug-likeness (QED) is 0.126. The van der Waals surface area contributed by atoms with Crippen LogP contribution in [0, 0.1) is 23.7 Å². The third-order valence-corrected chi connectivity index (χ3v) is 9.94. The Hall–Kier alpha value is -0.950. The molecule has 4 unspecified atom stereocenters. The number of hydrogen-bond donors (Lipinski definition) is 1. The third kappa shape index (κ3) is 9.55. The number of aliphatic hydroxyl groups excluding tert-OH is 1. The van der Waals surface area contributed by atoms with Crippen LogP contribution in [0.5, 0.6) is 0 Å². The zero-order valence-corrected chi connectivity index (χ0v) is 25.4. The number of aliphatic hydroxyl groups is 1. The summed E-state index contributed by atoms with van der Waals surface area (Å²) in [5.41, 5.74) is -0.266. The summed E-state index contributed by atoms with van der Waals surface area (Å²) in [5, 5.41) is 11.3. The van der Waals surface area contributed by atoms with Crippen LogP contribution in [0.15, 0.2) is 12.2 Å². The maximum absolute atomic E-state index is 11.4. The van der Waals surface area contributed by atoms with Gasteiger partial charge in [-0.25, -0.2) is 0 Å². The van der Waals surface area contributed by atoms with Crippen molar-refractivity contribution < 1.29 is 28.8 Å². The van der Waals surface area contributed by atoms with Gasteiger partial charge in [0.2, 0.25) is 0 Å². The van der Waals surface area contributed by atoms with Crippen LogP contribution in [0.2, 0.25) is 0 Å². The Labute approximate surface area is 238 Å². The molecule has 0 spiro atoms. The largest absolute Gasteiger partial charge is 0.469 e. The van der Waals surface area contributed by atoms with Crippen LogP contribution in [0.4, 0.5) is 0 Å². The molecule has 0 aromatic carbocycles. The molecule has 1 saturated carbocycles. The third-order valence-electron chi connectivity index (χ3n) is 9.94. The van der Waals surface area contributed by atoms with Crippen LogP contribution < -0.4 is 0 Å². The standard InChI is InChI=1S/C33H58O6/c1-5-6-21-33(2,37-4)28(31-17-12-14-23-39-31)20-19-25-26(15-9-7-8-10-18-32(35)36-3)29(34)24-27(25)30-16-11-13-22-38-30/h19-20,25-31,34H,5-18,21-24H2,1-4H3/b20-19+/t25-,26-,27+,28?,29+,30?,31?,33?/m1/s1. The fourth-order valence-electron chi connectivity index (χ4n) is 7.41. The van der Waals surface area contributed by atoms with Crippen molar-refractivity contribution in [3.05, 3.63) is 12.2 Å². The van der Waals surface area contributed by atoms with Crippen molar-refractivity contribution in [3.63, 3.8) is 0 Å². The van der Waals surface area contributed by atoms with Crippen molar-refractivity contribution in [2.24, 2.45) is 23.7 Å². The first-order valence-corrected chi connectivity index (χ1v) is 16.1. The van der Waals surface area contributed by atoms with Gasteiger partial charge in [-0.05, 0) is 88.9 Å². The zero-order chi connectivity index (χ0) is 28.1. The number of unbranched alkanes of at least 4 members (excludes halogenated alkanes) is 4. The highest BCUT2D eigenvalue weighted by atomic mass is 16.5. The van der Waals surface area contributed by atoms with E-state index in [9.17, 15) is 9.90 Å². The Morgan fingerprint density at radius 2 is 1.77 bits per heavy atom. The molecule has 0 amide bonds. The van der Waals surface area contributed by atoms with E-state index in [0.717, 1.165) is 96.7 Å². The fraction of sp³-hybridized carbons (Fsp3) is 0.909. The molecule has 1 N–H and O–H groups in total. The molecule has 6 heteroatoms. The molecule has 0 bridgehead atoms. The molecule has 0 radical (unpaired) electrons. The van der Waals surface area contributed by atoms with Crippen molar-refractivity contribution in [2.75, 3.05) is 27.4 Å². The first-order chi connectivity index (χ1) is 18.9. The van der Waals surface area contributed by atoms with E-state index in [0.29, 0.717) is 18.3 Å². The molecular weight excluding hydrogens is 492 g/mol. The van der Waals surface area contributed by atoms with E-state index in [1.807, 2.05) is 7.11 Å². The van der Waals surface area contributed by atoms with Crippen LogP contribution in [-0.4, -0.2) is 62.4 Å². The van der Waals surface area contributed by atoms with Crippen molar-refractivity contribution in [2.45, 2.75) is 140 Å². The number of methoxy groups -OCH3 is 2. The van der Waals surface area contributed by atoms with E-state index in [-0.39, 0.29) is 41.7 Å². The second-order valence-electron chi connectivity index (χ2n) is 12.6. The minimum absolute atomic E-state index is 0.125. The molecule has 226 valence electrons. The molecule has 0 aromatic heterocycles. The van der Waals surface area contributed by atoms with Gasteiger partial charge in [0.1, 0.15) is 0 Å². The number of hydrogen-bond acceptors (Lipinski definition) is 6. The second kappa shape index (κ2) is 17.1. The maximum Gasteiger partial charge on any atom is 0.305 e. The van der Waals surface area contributed by atoms with Gasteiger partial charge < -0.3 is 24.1 Å². The smallest absolute Gasteiger partial charge is 0.305 e. The fourth-order valence-corrected chi connectivity index (χ4v) is 7.41. The molecule has 3 aliphatic rings. The van der Waals surface area contributed by atoms with Gasteiger partial charge in [-0.2, -0.15) is 0 Å². The van der Waals surface area contributed by atoms with Crippen LogP contribution in [0.1, 0.15) is 117 Å². The summed E-state index contributed by atoms with van der Waals surface area (Å²) >= 11 is 0. The molecule has 2 saturated heterocycles. The van der Waals surface area contributed by atoms with Gasteiger partial charge in [0, 0.05) is 32.7 Å². The summed E-state index contributed by atoms with van der Waals surface area (Å²) < 4.78 is 23.7. The lowest BCUT2D eigenvalue weighted by molar-refractivity contribution is -0.140. The molecule has 8 atom stereocenters. The number of esters is 1. The van der Waals surface area contributed by atoms with Crippen molar-refractivity contribution >= 4 is 5.97 Å². The Balaban J connectivity index is 1.76. The first kappa shape index (κ1) is 32.6. The summed E-state index contributed by atoms with van der Waals surface area (Å²) in [5.74, 6) is 0.976. The summed E-state index contributed by atoms with van der Waals surface area (Å²) in [6.07, 6.45) is 21.6. The highest BCUT2D eigenvalue weighted by Gasteiger charge is 2.46. The minimum atomic E-state index is -0.288. The van der Waals surface area contributed by atoms with Crippen LogP contribution >= 0.6 is 0 Å². The van der Waals surface area contributed by atoms with E-state index < -0.39 is 0 Å². The number of allylic oxidation sites excluding steroid dienone is 1. The number of carbonyl (C=O) groups excluding carboxylic acids is 1. The molecule has 3 rings (SSSR count). The van der Waals surface area contributed by atoms with E-state index >= 15 is 0 Å². The van der Waals surface area contributed by atoms with Gasteiger partial charge in [-0.1, -0.05) is 51.2 Å². The van der Waals surface area contributed by atoms with Crippen LogP contribution in [0.3, 0.4) is 0 Å². The molecule has 2 heterocycles. The zero-order valence-electron chi connectivity index (χ0n) is 25.4. The molecule has 6 nitrogen and oxygen atoms in total. The Morgan fingerprint density at radius 3 is 2.41 bits per heavy atom. The average molecular weight is 551 g/mol. The van der Waals surface area contributed by atoms with E-state index in [1.165, 1.54) is 20.0 Å². The first-order valence-electron chi connectivity index (χ1n) is 16.1. The Bertz CT molecular complexity index is 713. The highest BCUT2D eigenvalue weighted by molar-refractivity contribution is 5.68. The van der Waals surface area contributed by atoms with Gasteiger partial charge in [0.05, 0.1) is 31.0 Å². The van der Waals surface area contributed by atoms with Crippen molar-refractivity contribution in [3.8, 4) is 0 Å². The average Bonchev–Trinajstić information content (AvgIpc) is 3.29. The normalized spacial score (nSPS) is 32.2. The predicted octanol–water partition coefficient (Wildman–Crippen LogP) is 7.02. The molecule has 2 aliphatic heterocycles. The molecule has 39 heavy (non-hydrogen) atoms. The topological polar surface area (TPSA) is 74.2 Å². The van der Waals surface area contributed by atoms with Crippen LogP contribution in [-0.2, 0) is 23.7 Å². The van der Waals surface area contributed by atoms with Gasteiger partial charge in [-0.15, -0.1) is 0 Å². The molecule has 1 aliphatic carbocycles. The second-order valence-corrected chi connectivity index (χ2v) is 12.6. The Kier molecular flexibility index (Phi) is 14.3. The van der Waals surface area contributed by atoms with E-state index in [4.69, 9.17) is 18.9 Å². The van der Waals surface area contributed by atoms with Gasteiger partial charge in [-0.3, -0.25) is 4.79 Å². The minimum Gasteiger partial charge on any atom is -0.469 e. The lowest BCUT2D eigenvalue weighted by atomic mass is 9.76. The summed E-state index contributed by atoms with van der Waals surface area (Å²) in [4.78, 5) is 11.4. The van der Waals surface area contributed by atoms with Gasteiger partial charge in [0.25, 0.3) is 0 Å². The SMILES string of the molecule is CCCCC(C)(OC)C(/C=C/[C@@H]1[C@@H](CCCCCCC(=O)OC)[C@@H](O)C[C@@H]1C1CCCCO1)C1CCCCO1. The van der Waals surface area contributed by atoms with E-state index in [1.54, 1.807) is 0 Å². The summed E-state index contributed by atoms with van der Waals surface area (Å²) in [6, 6.07) is 0.